The van der Waals surface area contributed by atoms with Crippen LogP contribution in [0.25, 0.3) is 0 Å². The van der Waals surface area contributed by atoms with Crippen molar-refractivity contribution in [3.05, 3.63) is 176 Å². The maximum absolute atomic E-state index is 13.8. The number of hydrogen-bond acceptors (Lipinski definition) is 9. The smallest absolute Gasteiger partial charge is 0.259 e. The molecule has 0 bridgehead atoms. The highest BCUT2D eigenvalue weighted by atomic mass is 79.9. The molecule has 0 aliphatic rings. The number of anilines is 4. The average Bonchev–Trinajstić information content (AvgIpc) is 3.23. The number of amidine groups is 2. The van der Waals surface area contributed by atoms with E-state index in [1.54, 1.807) is 24.3 Å². The lowest BCUT2D eigenvalue weighted by atomic mass is 10.1. The zero-order valence-corrected chi connectivity index (χ0v) is 33.3. The normalized spacial score (nSPS) is 10.7. The average molecular weight is 929 g/mol. The van der Waals surface area contributed by atoms with Gasteiger partial charge in [-0.3, -0.25) is 24.6 Å². The monoisotopic (exact) mass is 926 g/mol. The summed E-state index contributed by atoms with van der Waals surface area (Å²) in [7, 11) is 0. The van der Waals surface area contributed by atoms with E-state index in [9.17, 15) is 28.0 Å². The van der Waals surface area contributed by atoms with Gasteiger partial charge >= 0.3 is 0 Å². The van der Waals surface area contributed by atoms with Crippen LogP contribution in [0.5, 0.6) is 0 Å². The summed E-state index contributed by atoms with van der Waals surface area (Å²) >= 11 is 6.49. The van der Waals surface area contributed by atoms with E-state index in [4.69, 9.17) is 22.1 Å². The number of aromatic nitrogens is 2. The maximum atomic E-state index is 13.8. The van der Waals surface area contributed by atoms with Crippen LogP contribution in [0.3, 0.4) is 0 Å². The van der Waals surface area contributed by atoms with E-state index < -0.39 is 35.3 Å². The number of nitrogens with one attached hydrogen (secondary N) is 5. The van der Waals surface area contributed by atoms with Crippen LogP contribution in [0.4, 0.5) is 31.8 Å². The molecule has 0 saturated heterocycles. The number of hydrogen-bond donors (Lipinski definition) is 8. The van der Waals surface area contributed by atoms with E-state index >= 15 is 0 Å². The number of amides is 4. The molecule has 0 atom stereocenters. The van der Waals surface area contributed by atoms with E-state index in [1.807, 2.05) is 0 Å². The number of halogens is 4. The van der Waals surface area contributed by atoms with Crippen molar-refractivity contribution >= 4 is 90.2 Å². The Labute approximate surface area is 350 Å². The first-order valence-corrected chi connectivity index (χ1v) is 18.4. The van der Waals surface area contributed by atoms with Gasteiger partial charge < -0.3 is 37.9 Å². The molecule has 4 aromatic carbocycles. The van der Waals surface area contributed by atoms with Crippen molar-refractivity contribution in [2.75, 3.05) is 21.3 Å². The first kappa shape index (κ1) is 42.8. The molecule has 0 unspecified atom stereocenters. The predicted molar refractivity (Wildman–Crippen MR) is 225 cm³/mol. The lowest BCUT2D eigenvalue weighted by molar-refractivity contribution is 0.101. The maximum Gasteiger partial charge on any atom is 0.259 e. The number of carbonyl (C=O) groups is 4. The fourth-order valence-corrected chi connectivity index (χ4v) is 5.40. The molecule has 10 N–H and O–H groups in total. The Balaban J connectivity index is 0.000000224. The molecule has 59 heavy (non-hydrogen) atoms. The van der Waals surface area contributed by atoms with Crippen LogP contribution < -0.4 is 32.7 Å². The highest BCUT2D eigenvalue weighted by molar-refractivity contribution is 9.10. The third kappa shape index (κ3) is 11.8. The van der Waals surface area contributed by atoms with Gasteiger partial charge in [0, 0.05) is 43.6 Å². The zero-order chi connectivity index (χ0) is 42.6. The molecular formula is C40H30Br2F2N10O5. The molecule has 2 heterocycles. The van der Waals surface area contributed by atoms with Gasteiger partial charge in [0.2, 0.25) is 0 Å². The minimum atomic E-state index is -0.637. The Morgan fingerprint density at radius 3 is 1.31 bits per heavy atom. The second-order valence-electron chi connectivity index (χ2n) is 12.0. The van der Waals surface area contributed by atoms with E-state index in [0.717, 1.165) is 33.2 Å². The van der Waals surface area contributed by atoms with Crippen molar-refractivity contribution < 1.29 is 33.2 Å². The van der Waals surface area contributed by atoms with Crippen molar-refractivity contribution in [1.82, 2.24) is 9.97 Å². The quantitative estimate of drug-likeness (QED) is 0.0295. The summed E-state index contributed by atoms with van der Waals surface area (Å²) in [5, 5.41) is 29.3. The summed E-state index contributed by atoms with van der Waals surface area (Å²) in [5.74, 6) is -3.21. The number of nitrogens with zero attached hydrogens (tertiary/aromatic N) is 3. The van der Waals surface area contributed by atoms with Crippen LogP contribution >= 0.6 is 31.9 Å². The minimum Gasteiger partial charge on any atom is -0.409 e. The summed E-state index contributed by atoms with van der Waals surface area (Å²) < 4.78 is 29.0. The van der Waals surface area contributed by atoms with Gasteiger partial charge in [0.25, 0.3) is 23.6 Å². The van der Waals surface area contributed by atoms with Gasteiger partial charge in [0.05, 0.1) is 22.5 Å². The predicted octanol–water partition coefficient (Wildman–Crippen LogP) is 7.35. The number of pyridine rings is 2. The molecule has 0 spiro atoms. The van der Waals surface area contributed by atoms with E-state index in [-0.39, 0.29) is 51.4 Å². The summed E-state index contributed by atoms with van der Waals surface area (Å²) in [4.78, 5) is 58.3. The number of rotatable bonds is 10. The molecule has 6 aromatic rings. The van der Waals surface area contributed by atoms with Crippen LogP contribution in [0.1, 0.15) is 52.6 Å². The van der Waals surface area contributed by atoms with Gasteiger partial charge in [-0.05, 0) is 117 Å². The molecule has 4 amide bonds. The molecule has 0 fully saturated rings. The number of nitrogens with two attached hydrogens (primary N) is 2. The fourth-order valence-electron chi connectivity index (χ4n) is 4.93. The molecule has 15 nitrogen and oxygen atoms in total. The van der Waals surface area contributed by atoms with Crippen LogP contribution in [0, 0.1) is 17.0 Å². The summed E-state index contributed by atoms with van der Waals surface area (Å²) in [6, 6.07) is 25.5. The number of oxime groups is 1. The van der Waals surface area contributed by atoms with Gasteiger partial charge in [-0.15, -0.1) is 0 Å². The summed E-state index contributed by atoms with van der Waals surface area (Å²) in [6.07, 6.45) is 3.01. The van der Waals surface area contributed by atoms with Crippen molar-refractivity contribution in [3.63, 3.8) is 0 Å². The molecule has 19 heteroatoms. The van der Waals surface area contributed by atoms with Gasteiger partial charge in [-0.1, -0.05) is 29.4 Å². The third-order valence-electron chi connectivity index (χ3n) is 7.90. The summed E-state index contributed by atoms with van der Waals surface area (Å²) in [5.41, 5.74) is 12.5. The fraction of sp³-hybridized carbons (Fsp3) is 0. The second-order valence-corrected chi connectivity index (χ2v) is 13.8. The topological polar surface area (TPSA) is 251 Å². The van der Waals surface area contributed by atoms with Crippen LogP contribution in [-0.2, 0) is 0 Å². The van der Waals surface area contributed by atoms with Crippen molar-refractivity contribution in [1.29, 1.82) is 5.41 Å². The van der Waals surface area contributed by atoms with Crippen LogP contribution in [0.15, 0.2) is 136 Å². The highest BCUT2D eigenvalue weighted by Gasteiger charge is 2.18. The molecule has 0 radical (unpaired) electrons. The molecule has 298 valence electrons. The third-order valence-corrected chi connectivity index (χ3v) is 8.83. The Hall–Kier alpha value is -7.38. The van der Waals surface area contributed by atoms with E-state index in [2.05, 4.69) is 68.3 Å². The lowest BCUT2D eigenvalue weighted by Gasteiger charge is -2.12. The number of nitrogen functional groups attached to an aromatic ring is 1. The molecule has 6 rings (SSSR count). The standard InChI is InChI=1S/C20H15BrFN5O3.C20H15BrFN5O2/c21-13-5-8-17(24-10-13)26-20(29)15-9-14(22)6-7-16(15)25-19(28)12-3-1-11(2-4-12)18(23)27-30;21-13-5-8-17(25-10-13)27-20(29)15-9-14(22)6-7-16(15)26-19(28)12-3-1-11(2-4-12)18(23)24/h1-10,30H,(H2,23,27)(H,25,28)(H,24,26,29);1-10H,(H3,23,24)(H,26,28)(H,25,27,29). The summed E-state index contributed by atoms with van der Waals surface area (Å²) in [6.45, 7) is 0. The van der Waals surface area contributed by atoms with Crippen molar-refractivity contribution in [3.8, 4) is 0 Å². The highest BCUT2D eigenvalue weighted by Crippen LogP contribution is 2.22. The van der Waals surface area contributed by atoms with Gasteiger partial charge in [0.15, 0.2) is 5.84 Å². The number of benzene rings is 4. The first-order chi connectivity index (χ1) is 28.2. The second kappa shape index (κ2) is 19.7. The molecule has 0 aliphatic heterocycles. The largest absolute Gasteiger partial charge is 0.409 e. The Morgan fingerprint density at radius 2 is 0.949 bits per heavy atom. The lowest BCUT2D eigenvalue weighted by Crippen LogP contribution is -2.19. The van der Waals surface area contributed by atoms with Gasteiger partial charge in [-0.2, -0.15) is 0 Å². The van der Waals surface area contributed by atoms with Crippen molar-refractivity contribution in [2.24, 2.45) is 16.6 Å². The number of carbonyl (C=O) groups excluding carboxylic acids is 4. The molecule has 0 saturated carbocycles. The van der Waals surface area contributed by atoms with Crippen molar-refractivity contribution in [2.45, 2.75) is 0 Å². The molecular weight excluding hydrogens is 898 g/mol. The minimum absolute atomic E-state index is 0.0524. The Kier molecular flexibility index (Phi) is 14.2. The van der Waals surface area contributed by atoms with Gasteiger partial charge in [0.1, 0.15) is 29.1 Å². The van der Waals surface area contributed by atoms with E-state index in [1.165, 1.54) is 73.1 Å². The first-order valence-electron chi connectivity index (χ1n) is 16.8. The Morgan fingerprint density at radius 1 is 0.559 bits per heavy atom. The van der Waals surface area contributed by atoms with Gasteiger partial charge in [-0.25, -0.2) is 18.7 Å². The zero-order valence-electron chi connectivity index (χ0n) is 30.1. The molecule has 2 aromatic heterocycles. The van der Waals surface area contributed by atoms with Crippen LogP contribution in [0.2, 0.25) is 0 Å². The van der Waals surface area contributed by atoms with E-state index in [0.29, 0.717) is 16.7 Å². The Bertz CT molecular complexity index is 2560. The SMILES string of the molecule is N/C(=N/O)c1ccc(C(=O)Nc2ccc(F)cc2C(=O)Nc2ccc(Br)cn2)cc1.N=C(N)c1ccc(C(=O)Nc2ccc(F)cc2C(=O)Nc2ccc(Br)cn2)cc1. The molecule has 0 aliphatic carbocycles. The van der Waals surface area contributed by atoms with Crippen LogP contribution in [-0.4, -0.2) is 50.5 Å².